The highest BCUT2D eigenvalue weighted by atomic mass is 32.2. The maximum Gasteiger partial charge on any atom is 0.229 e. The first kappa shape index (κ1) is 16.4. The Kier molecular flexibility index (Phi) is 5.08. The quantitative estimate of drug-likeness (QED) is 0.856. The number of aryl methyl sites for hydroxylation is 1. The van der Waals surface area contributed by atoms with Gasteiger partial charge in [-0.3, -0.25) is 4.72 Å². The summed E-state index contributed by atoms with van der Waals surface area (Å²) in [7, 11) is -3.27. The van der Waals surface area contributed by atoms with Crippen LogP contribution in [0.3, 0.4) is 0 Å². The van der Waals surface area contributed by atoms with Gasteiger partial charge in [-0.15, -0.1) is 0 Å². The lowest BCUT2D eigenvalue weighted by Gasteiger charge is -2.15. The SMILES string of the molecule is Cc1ccc(NC[C@H](C)c2ccccc2)cc1NS(C)(=O)=O. The summed E-state index contributed by atoms with van der Waals surface area (Å²) in [5.41, 5.74) is 3.68. The van der Waals surface area contributed by atoms with Gasteiger partial charge in [0.05, 0.1) is 11.9 Å². The van der Waals surface area contributed by atoms with Crippen LogP contribution in [0.5, 0.6) is 0 Å². The molecule has 0 amide bonds. The zero-order valence-corrected chi connectivity index (χ0v) is 13.9. The van der Waals surface area contributed by atoms with Gasteiger partial charge in [-0.05, 0) is 36.1 Å². The fraction of sp³-hybridized carbons (Fsp3) is 0.294. The van der Waals surface area contributed by atoms with Crippen LogP contribution in [-0.4, -0.2) is 21.2 Å². The minimum absolute atomic E-state index is 0.369. The van der Waals surface area contributed by atoms with Crippen LogP contribution in [0.25, 0.3) is 0 Å². The summed E-state index contributed by atoms with van der Waals surface area (Å²) in [4.78, 5) is 0. The Morgan fingerprint density at radius 2 is 1.77 bits per heavy atom. The first-order valence-electron chi connectivity index (χ1n) is 7.22. The van der Waals surface area contributed by atoms with Crippen LogP contribution in [0.2, 0.25) is 0 Å². The van der Waals surface area contributed by atoms with E-state index >= 15 is 0 Å². The minimum atomic E-state index is -3.27. The van der Waals surface area contributed by atoms with E-state index in [4.69, 9.17) is 0 Å². The molecule has 2 aromatic carbocycles. The normalized spacial score (nSPS) is 12.7. The van der Waals surface area contributed by atoms with Crippen LogP contribution in [0, 0.1) is 6.92 Å². The van der Waals surface area contributed by atoms with E-state index in [1.54, 1.807) is 0 Å². The van der Waals surface area contributed by atoms with Crippen LogP contribution in [0.1, 0.15) is 24.0 Å². The van der Waals surface area contributed by atoms with E-state index in [1.807, 2.05) is 43.3 Å². The van der Waals surface area contributed by atoms with E-state index in [-0.39, 0.29) is 0 Å². The van der Waals surface area contributed by atoms with E-state index in [9.17, 15) is 8.42 Å². The highest BCUT2D eigenvalue weighted by Crippen LogP contribution is 2.22. The number of hydrogen-bond acceptors (Lipinski definition) is 3. The predicted octanol–water partition coefficient (Wildman–Crippen LogP) is 3.58. The van der Waals surface area contributed by atoms with E-state index in [2.05, 4.69) is 29.1 Å². The molecule has 2 N–H and O–H groups in total. The molecule has 0 heterocycles. The molecule has 0 unspecified atom stereocenters. The first-order chi connectivity index (χ1) is 10.3. The molecule has 4 nitrogen and oxygen atoms in total. The molecule has 0 fully saturated rings. The average molecular weight is 318 g/mol. The molecule has 0 aliphatic rings. The Bertz CT molecular complexity index is 728. The van der Waals surface area contributed by atoms with Crippen LogP contribution < -0.4 is 10.0 Å². The summed E-state index contributed by atoms with van der Waals surface area (Å²) in [6.45, 7) is 4.82. The van der Waals surface area contributed by atoms with Gasteiger partial charge in [-0.2, -0.15) is 0 Å². The van der Waals surface area contributed by atoms with Crippen LogP contribution >= 0.6 is 0 Å². The Balaban J connectivity index is 2.06. The zero-order valence-electron chi connectivity index (χ0n) is 13.1. The smallest absolute Gasteiger partial charge is 0.229 e. The Hall–Kier alpha value is -2.01. The first-order valence-corrected chi connectivity index (χ1v) is 9.11. The molecule has 0 spiro atoms. The summed E-state index contributed by atoms with van der Waals surface area (Å²) in [6.07, 6.45) is 1.16. The Morgan fingerprint density at radius 3 is 2.41 bits per heavy atom. The fourth-order valence-electron chi connectivity index (χ4n) is 2.21. The van der Waals surface area contributed by atoms with Gasteiger partial charge in [0.15, 0.2) is 0 Å². The lowest BCUT2D eigenvalue weighted by molar-refractivity contribution is 0.607. The molecule has 22 heavy (non-hydrogen) atoms. The van der Waals surface area contributed by atoms with E-state index in [0.717, 1.165) is 24.1 Å². The molecule has 0 bridgehead atoms. The van der Waals surface area contributed by atoms with Crippen molar-refractivity contribution < 1.29 is 8.42 Å². The van der Waals surface area contributed by atoms with Crippen LogP contribution in [-0.2, 0) is 10.0 Å². The van der Waals surface area contributed by atoms with Gasteiger partial charge in [-0.1, -0.05) is 43.3 Å². The van der Waals surface area contributed by atoms with E-state index < -0.39 is 10.0 Å². The monoisotopic (exact) mass is 318 g/mol. The van der Waals surface area contributed by atoms with Crippen molar-refractivity contribution >= 4 is 21.4 Å². The van der Waals surface area contributed by atoms with Crippen molar-refractivity contribution in [2.24, 2.45) is 0 Å². The summed E-state index contributed by atoms with van der Waals surface area (Å²) < 4.78 is 25.3. The van der Waals surface area contributed by atoms with Crippen LogP contribution in [0.4, 0.5) is 11.4 Å². The number of rotatable bonds is 6. The van der Waals surface area contributed by atoms with Gasteiger partial charge in [0.1, 0.15) is 0 Å². The van der Waals surface area contributed by atoms with Gasteiger partial charge in [0.2, 0.25) is 10.0 Å². The molecule has 118 valence electrons. The second-order valence-corrected chi connectivity index (χ2v) is 7.35. The molecule has 1 atom stereocenters. The van der Waals surface area contributed by atoms with Crippen molar-refractivity contribution in [3.63, 3.8) is 0 Å². The lowest BCUT2D eigenvalue weighted by Crippen LogP contribution is -2.12. The molecule has 2 aromatic rings. The van der Waals surface area contributed by atoms with Gasteiger partial charge in [0, 0.05) is 12.2 Å². The third kappa shape index (κ3) is 4.77. The molecule has 0 saturated carbocycles. The third-order valence-electron chi connectivity index (χ3n) is 3.51. The summed E-state index contributed by atoms with van der Waals surface area (Å²) in [5, 5.41) is 3.36. The predicted molar refractivity (Wildman–Crippen MR) is 93.0 cm³/mol. The van der Waals surface area contributed by atoms with Gasteiger partial charge < -0.3 is 5.32 Å². The Labute approximate surface area is 132 Å². The molecule has 5 heteroatoms. The van der Waals surface area contributed by atoms with Crippen molar-refractivity contribution in [3.8, 4) is 0 Å². The van der Waals surface area contributed by atoms with Crippen molar-refractivity contribution in [3.05, 3.63) is 59.7 Å². The maximum absolute atomic E-state index is 11.4. The average Bonchev–Trinajstić information content (AvgIpc) is 2.47. The van der Waals surface area contributed by atoms with E-state index in [1.165, 1.54) is 5.56 Å². The molecule has 0 aliphatic heterocycles. The molecular weight excluding hydrogens is 296 g/mol. The largest absolute Gasteiger partial charge is 0.384 e. The highest BCUT2D eigenvalue weighted by Gasteiger charge is 2.08. The second-order valence-electron chi connectivity index (χ2n) is 5.60. The summed E-state index contributed by atoms with van der Waals surface area (Å²) >= 11 is 0. The molecule has 0 aliphatic carbocycles. The van der Waals surface area contributed by atoms with Crippen molar-refractivity contribution in [2.45, 2.75) is 19.8 Å². The van der Waals surface area contributed by atoms with Crippen molar-refractivity contribution in [2.75, 3.05) is 22.8 Å². The van der Waals surface area contributed by atoms with Crippen molar-refractivity contribution in [1.29, 1.82) is 0 Å². The zero-order chi connectivity index (χ0) is 16.2. The molecule has 0 aromatic heterocycles. The number of benzene rings is 2. The number of anilines is 2. The number of nitrogens with one attached hydrogen (secondary N) is 2. The molecule has 2 rings (SSSR count). The van der Waals surface area contributed by atoms with E-state index in [0.29, 0.717) is 11.6 Å². The lowest BCUT2D eigenvalue weighted by atomic mass is 10.0. The Morgan fingerprint density at radius 1 is 1.09 bits per heavy atom. The van der Waals surface area contributed by atoms with Gasteiger partial charge in [0.25, 0.3) is 0 Å². The molecule has 0 saturated heterocycles. The van der Waals surface area contributed by atoms with Crippen LogP contribution in [0.15, 0.2) is 48.5 Å². The third-order valence-corrected chi connectivity index (χ3v) is 4.10. The highest BCUT2D eigenvalue weighted by molar-refractivity contribution is 7.92. The van der Waals surface area contributed by atoms with Gasteiger partial charge in [-0.25, -0.2) is 8.42 Å². The maximum atomic E-state index is 11.4. The van der Waals surface area contributed by atoms with Crippen molar-refractivity contribution in [1.82, 2.24) is 0 Å². The standard InChI is InChI=1S/C17H22N2O2S/c1-13-9-10-16(11-17(13)19-22(3,20)21)18-12-14(2)15-7-5-4-6-8-15/h4-11,14,18-19H,12H2,1-3H3/t14-/m0/s1. The molecular formula is C17H22N2O2S. The van der Waals surface area contributed by atoms with Gasteiger partial charge >= 0.3 is 0 Å². The molecule has 0 radical (unpaired) electrons. The minimum Gasteiger partial charge on any atom is -0.384 e. The summed E-state index contributed by atoms with van der Waals surface area (Å²) in [6, 6.07) is 16.0. The fourth-order valence-corrected chi connectivity index (χ4v) is 2.83. The summed E-state index contributed by atoms with van der Waals surface area (Å²) in [5.74, 6) is 0.369. The second kappa shape index (κ2) is 6.83. The number of sulfonamides is 1. The topological polar surface area (TPSA) is 58.2 Å². The number of hydrogen-bond donors (Lipinski definition) is 2.